The van der Waals surface area contributed by atoms with E-state index < -0.39 is 6.10 Å². The van der Waals surface area contributed by atoms with Gasteiger partial charge in [-0.1, -0.05) is 26.0 Å². The van der Waals surface area contributed by atoms with Crippen molar-refractivity contribution in [1.82, 2.24) is 0 Å². The number of anilines is 2. The van der Waals surface area contributed by atoms with Crippen LogP contribution < -0.4 is 15.0 Å². The van der Waals surface area contributed by atoms with Gasteiger partial charge < -0.3 is 19.7 Å². The summed E-state index contributed by atoms with van der Waals surface area (Å²) in [5, 5.41) is 2.72. The Kier molecular flexibility index (Phi) is 6.52. The zero-order chi connectivity index (χ0) is 20.1. The highest BCUT2D eigenvalue weighted by atomic mass is 19.1. The molecule has 0 radical (unpaired) electrons. The van der Waals surface area contributed by atoms with Crippen LogP contribution in [0.25, 0.3) is 0 Å². The third-order valence-electron chi connectivity index (χ3n) is 4.77. The van der Waals surface area contributed by atoms with E-state index in [2.05, 4.69) is 19.2 Å². The predicted octanol–water partition coefficient (Wildman–Crippen LogP) is 4.19. The maximum atomic E-state index is 14.5. The Bertz CT molecular complexity index is 819. The molecule has 1 aliphatic heterocycles. The van der Waals surface area contributed by atoms with Crippen molar-refractivity contribution in [3.8, 4) is 5.75 Å². The summed E-state index contributed by atoms with van der Waals surface area (Å²) in [6, 6.07) is 12.4. The third-order valence-corrected chi connectivity index (χ3v) is 4.77. The second kappa shape index (κ2) is 9.06. The van der Waals surface area contributed by atoms with Crippen LogP contribution in [0.2, 0.25) is 0 Å². The molecule has 0 aliphatic carbocycles. The largest absolute Gasteiger partial charge is 0.481 e. The number of hydrogen-bond acceptors (Lipinski definition) is 4. The minimum atomic E-state index is -0.704. The lowest BCUT2D eigenvalue weighted by molar-refractivity contribution is -0.122. The lowest BCUT2D eigenvalue weighted by Gasteiger charge is -2.29. The quantitative estimate of drug-likeness (QED) is 0.809. The number of morpholine rings is 1. The second-order valence-electron chi connectivity index (χ2n) is 7.24. The van der Waals surface area contributed by atoms with E-state index in [4.69, 9.17) is 9.47 Å². The summed E-state index contributed by atoms with van der Waals surface area (Å²) in [4.78, 5) is 14.4. The van der Waals surface area contributed by atoms with Gasteiger partial charge in [0, 0.05) is 18.8 Å². The smallest absolute Gasteiger partial charge is 0.265 e. The fourth-order valence-electron chi connectivity index (χ4n) is 3.09. The molecule has 1 N–H and O–H groups in total. The number of carbonyl (C=O) groups is 1. The number of benzene rings is 2. The Balaban J connectivity index is 1.62. The van der Waals surface area contributed by atoms with Crippen LogP contribution in [-0.2, 0) is 9.53 Å². The summed E-state index contributed by atoms with van der Waals surface area (Å²) >= 11 is 0. The van der Waals surface area contributed by atoms with Crippen molar-refractivity contribution in [3.05, 3.63) is 53.8 Å². The van der Waals surface area contributed by atoms with Crippen molar-refractivity contribution in [2.45, 2.75) is 32.8 Å². The Labute approximate surface area is 165 Å². The van der Waals surface area contributed by atoms with Crippen molar-refractivity contribution in [2.24, 2.45) is 0 Å². The first-order valence-electron chi connectivity index (χ1n) is 9.64. The second-order valence-corrected chi connectivity index (χ2v) is 7.24. The van der Waals surface area contributed by atoms with Crippen LogP contribution >= 0.6 is 0 Å². The number of amides is 1. The minimum Gasteiger partial charge on any atom is -0.481 e. The minimum absolute atomic E-state index is 0.325. The number of rotatable bonds is 6. The van der Waals surface area contributed by atoms with Gasteiger partial charge in [-0.3, -0.25) is 4.79 Å². The molecule has 1 saturated heterocycles. The van der Waals surface area contributed by atoms with Gasteiger partial charge in [0.2, 0.25) is 0 Å². The Morgan fingerprint density at radius 1 is 1.14 bits per heavy atom. The van der Waals surface area contributed by atoms with Crippen LogP contribution in [0, 0.1) is 5.82 Å². The standard InChI is InChI=1S/C22H27FN2O3/c1-15(2)17-5-4-6-19(13-17)28-16(3)22(26)24-18-7-8-21(20(23)14-18)25-9-11-27-12-10-25/h4-8,13-16H,9-12H2,1-3H3,(H,24,26). The average Bonchev–Trinajstić information content (AvgIpc) is 2.69. The van der Waals surface area contributed by atoms with Crippen molar-refractivity contribution < 1.29 is 18.7 Å². The Hall–Kier alpha value is -2.60. The van der Waals surface area contributed by atoms with Gasteiger partial charge in [-0.15, -0.1) is 0 Å². The van der Waals surface area contributed by atoms with E-state index in [9.17, 15) is 9.18 Å². The highest BCUT2D eigenvalue weighted by Crippen LogP contribution is 2.24. The number of nitrogens with zero attached hydrogens (tertiary/aromatic N) is 1. The molecule has 6 heteroatoms. The number of nitrogens with one attached hydrogen (secondary N) is 1. The van der Waals surface area contributed by atoms with Crippen molar-refractivity contribution in [2.75, 3.05) is 36.5 Å². The first-order chi connectivity index (χ1) is 13.4. The van der Waals surface area contributed by atoms with E-state index in [1.54, 1.807) is 19.1 Å². The monoisotopic (exact) mass is 386 g/mol. The highest BCUT2D eigenvalue weighted by molar-refractivity contribution is 5.94. The zero-order valence-electron chi connectivity index (χ0n) is 16.6. The first-order valence-corrected chi connectivity index (χ1v) is 9.64. The van der Waals surface area contributed by atoms with Gasteiger partial charge in [-0.05, 0) is 48.7 Å². The number of hydrogen-bond donors (Lipinski definition) is 1. The highest BCUT2D eigenvalue weighted by Gasteiger charge is 2.18. The van der Waals surface area contributed by atoms with Crippen LogP contribution in [0.4, 0.5) is 15.8 Å². The zero-order valence-corrected chi connectivity index (χ0v) is 16.6. The van der Waals surface area contributed by atoms with Crippen LogP contribution in [0.15, 0.2) is 42.5 Å². The van der Waals surface area contributed by atoms with Crippen LogP contribution in [0.3, 0.4) is 0 Å². The van der Waals surface area contributed by atoms with Gasteiger partial charge in [0.15, 0.2) is 6.10 Å². The molecule has 1 atom stereocenters. The molecule has 1 heterocycles. The number of ether oxygens (including phenoxy) is 2. The van der Waals surface area contributed by atoms with E-state index in [-0.39, 0.29) is 11.7 Å². The molecule has 2 aromatic rings. The predicted molar refractivity (Wildman–Crippen MR) is 109 cm³/mol. The number of carbonyl (C=O) groups excluding carboxylic acids is 1. The molecule has 150 valence electrons. The van der Waals surface area contributed by atoms with E-state index in [1.807, 2.05) is 29.2 Å². The van der Waals surface area contributed by atoms with E-state index in [1.165, 1.54) is 6.07 Å². The lowest BCUT2D eigenvalue weighted by Crippen LogP contribution is -2.36. The fourth-order valence-corrected chi connectivity index (χ4v) is 3.09. The summed E-state index contributed by atoms with van der Waals surface area (Å²) in [5.41, 5.74) is 2.08. The molecule has 0 bridgehead atoms. The van der Waals surface area contributed by atoms with Crippen LogP contribution in [0.1, 0.15) is 32.3 Å². The molecule has 28 heavy (non-hydrogen) atoms. The summed E-state index contributed by atoms with van der Waals surface area (Å²) in [6.45, 7) is 8.37. The summed E-state index contributed by atoms with van der Waals surface area (Å²) in [7, 11) is 0. The van der Waals surface area contributed by atoms with Gasteiger partial charge in [-0.2, -0.15) is 0 Å². The van der Waals surface area contributed by atoms with E-state index in [0.717, 1.165) is 5.56 Å². The maximum absolute atomic E-state index is 14.5. The van der Waals surface area contributed by atoms with Crippen LogP contribution in [0.5, 0.6) is 5.75 Å². The normalized spacial score (nSPS) is 15.4. The molecular formula is C22H27FN2O3. The molecule has 1 fully saturated rings. The fraction of sp³-hybridized carbons (Fsp3) is 0.409. The topological polar surface area (TPSA) is 50.8 Å². The molecular weight excluding hydrogens is 359 g/mol. The van der Waals surface area contributed by atoms with Gasteiger partial charge >= 0.3 is 0 Å². The molecule has 1 unspecified atom stereocenters. The van der Waals surface area contributed by atoms with Crippen molar-refractivity contribution in [3.63, 3.8) is 0 Å². The molecule has 1 aliphatic rings. The average molecular weight is 386 g/mol. The summed E-state index contributed by atoms with van der Waals surface area (Å²) in [6.07, 6.45) is -0.704. The maximum Gasteiger partial charge on any atom is 0.265 e. The van der Waals surface area contributed by atoms with Gasteiger partial charge in [-0.25, -0.2) is 4.39 Å². The van der Waals surface area contributed by atoms with Crippen LogP contribution in [-0.4, -0.2) is 38.3 Å². The molecule has 0 aromatic heterocycles. The van der Waals surface area contributed by atoms with Crippen molar-refractivity contribution in [1.29, 1.82) is 0 Å². The summed E-state index contributed by atoms with van der Waals surface area (Å²) in [5.74, 6) is 0.328. The van der Waals surface area contributed by atoms with Gasteiger partial charge in [0.05, 0.1) is 18.9 Å². The van der Waals surface area contributed by atoms with Gasteiger partial charge in [0.25, 0.3) is 5.91 Å². The SMILES string of the molecule is CC(Oc1cccc(C(C)C)c1)C(=O)Nc1ccc(N2CCOCC2)c(F)c1. The molecule has 0 saturated carbocycles. The molecule has 0 spiro atoms. The lowest BCUT2D eigenvalue weighted by atomic mass is 10.0. The Morgan fingerprint density at radius 2 is 1.89 bits per heavy atom. The molecule has 2 aromatic carbocycles. The molecule has 5 nitrogen and oxygen atoms in total. The third kappa shape index (κ3) is 5.01. The van der Waals surface area contributed by atoms with E-state index in [0.29, 0.717) is 49.3 Å². The molecule has 1 amide bonds. The van der Waals surface area contributed by atoms with E-state index >= 15 is 0 Å². The molecule has 3 rings (SSSR count). The Morgan fingerprint density at radius 3 is 2.57 bits per heavy atom. The number of halogens is 1. The van der Waals surface area contributed by atoms with Gasteiger partial charge in [0.1, 0.15) is 11.6 Å². The first kappa shape index (κ1) is 20.1. The summed E-state index contributed by atoms with van der Waals surface area (Å²) < 4.78 is 25.5. The van der Waals surface area contributed by atoms with Crippen molar-refractivity contribution >= 4 is 17.3 Å².